The molecule has 0 unspecified atom stereocenters. The van der Waals surface area contributed by atoms with E-state index in [2.05, 4.69) is 0 Å². The number of carbonyl (C=O) groups excluding carboxylic acids is 3. The molecule has 0 aromatic carbocycles. The van der Waals surface area contributed by atoms with E-state index in [9.17, 15) is 24.6 Å². The summed E-state index contributed by atoms with van der Waals surface area (Å²) >= 11 is 0. The van der Waals surface area contributed by atoms with Gasteiger partial charge in [-0.3, -0.25) is 14.4 Å². The van der Waals surface area contributed by atoms with Gasteiger partial charge in [0.05, 0.1) is 6.10 Å². The minimum absolute atomic E-state index is 0.0751. The van der Waals surface area contributed by atoms with Crippen LogP contribution in [0.25, 0.3) is 0 Å². The second kappa shape index (κ2) is 6.57. The van der Waals surface area contributed by atoms with Gasteiger partial charge in [0.2, 0.25) is 5.78 Å². The summed E-state index contributed by atoms with van der Waals surface area (Å²) in [5, 5.41) is 20.9. The van der Waals surface area contributed by atoms with Crippen LogP contribution in [0.3, 0.4) is 0 Å². The molecule has 4 aliphatic carbocycles. The van der Waals surface area contributed by atoms with Gasteiger partial charge in [-0.2, -0.15) is 0 Å². The second-order valence-corrected chi connectivity index (χ2v) is 9.81. The predicted molar refractivity (Wildman–Crippen MR) is 105 cm³/mol. The van der Waals surface area contributed by atoms with Crippen molar-refractivity contribution in [2.75, 3.05) is 6.61 Å². The van der Waals surface area contributed by atoms with Crippen molar-refractivity contribution in [3.8, 4) is 0 Å². The van der Waals surface area contributed by atoms with Crippen LogP contribution in [-0.4, -0.2) is 51.7 Å². The van der Waals surface area contributed by atoms with Gasteiger partial charge in [-0.25, -0.2) is 4.39 Å². The van der Waals surface area contributed by atoms with Crippen LogP contribution >= 0.6 is 0 Å². The van der Waals surface area contributed by atoms with Gasteiger partial charge < -0.3 is 14.9 Å². The van der Waals surface area contributed by atoms with Crippen molar-refractivity contribution in [3.63, 3.8) is 0 Å². The fraction of sp³-hybridized carbons (Fsp3) is 0.696. The molecule has 4 aliphatic rings. The number of hydrogen-bond donors (Lipinski definition) is 2. The van der Waals surface area contributed by atoms with E-state index in [-0.39, 0.29) is 24.5 Å². The Morgan fingerprint density at radius 3 is 2.60 bits per heavy atom. The molecule has 0 spiro atoms. The normalized spacial score (nSPS) is 47.1. The van der Waals surface area contributed by atoms with Gasteiger partial charge in [-0.05, 0) is 57.1 Å². The van der Waals surface area contributed by atoms with E-state index >= 15 is 4.39 Å². The molecule has 30 heavy (non-hydrogen) atoms. The molecule has 0 bridgehead atoms. The first-order chi connectivity index (χ1) is 14.0. The highest BCUT2D eigenvalue weighted by atomic mass is 19.1. The highest BCUT2D eigenvalue weighted by Crippen LogP contribution is 2.70. The van der Waals surface area contributed by atoms with E-state index in [1.165, 1.54) is 19.1 Å². The van der Waals surface area contributed by atoms with Crippen LogP contribution in [0, 0.1) is 22.7 Å². The molecular formula is C23H29FO6. The maximum absolute atomic E-state index is 17.0. The minimum Gasteiger partial charge on any atom is -0.451 e. The zero-order valence-corrected chi connectivity index (χ0v) is 17.6. The molecule has 3 fully saturated rings. The van der Waals surface area contributed by atoms with Crippen LogP contribution in [0.4, 0.5) is 4.39 Å². The summed E-state index contributed by atoms with van der Waals surface area (Å²) in [5.74, 6) is -2.31. The Bertz CT molecular complexity index is 879. The standard InChI is InChI=1S/C23H29FO6/c1-13(26)30-22(19(29)12-25)9-7-16-17-5-4-14-10-15(27)6-8-20(14,2)23(17,24)18(28)11-21(16,22)3/h6,8,10,16-18,25,28H,4-5,7,9,11-12H2,1-3H3/t16-,17-,18-,20-,21-,22-,23-/m0/s1. The molecule has 0 heterocycles. The SMILES string of the molecule is CC(=O)O[C@]1(C(=O)CO)CC[C@H]2[C@@H]3CCC4=CC(=O)C=C[C@]4(C)[C@@]3(F)[C@@H](O)C[C@@]21C. The molecule has 2 N–H and O–H groups in total. The van der Waals surface area contributed by atoms with E-state index in [1.54, 1.807) is 19.9 Å². The summed E-state index contributed by atoms with van der Waals surface area (Å²) in [6.45, 7) is 3.93. The molecule has 7 atom stereocenters. The largest absolute Gasteiger partial charge is 0.451 e. The number of halogens is 1. The van der Waals surface area contributed by atoms with Crippen molar-refractivity contribution >= 4 is 17.5 Å². The van der Waals surface area contributed by atoms with Crippen LogP contribution in [-0.2, 0) is 19.1 Å². The van der Waals surface area contributed by atoms with E-state index < -0.39 is 52.5 Å². The lowest BCUT2D eigenvalue weighted by Crippen LogP contribution is -2.69. The number of aliphatic hydroxyl groups is 2. The monoisotopic (exact) mass is 420 g/mol. The maximum atomic E-state index is 17.0. The molecule has 0 amide bonds. The van der Waals surface area contributed by atoms with E-state index in [4.69, 9.17) is 4.74 Å². The van der Waals surface area contributed by atoms with Crippen molar-refractivity contribution in [2.24, 2.45) is 22.7 Å². The number of hydrogen-bond acceptors (Lipinski definition) is 6. The van der Waals surface area contributed by atoms with E-state index in [0.717, 1.165) is 0 Å². The predicted octanol–water partition coefficient (Wildman–Crippen LogP) is 2.22. The Morgan fingerprint density at radius 1 is 1.27 bits per heavy atom. The van der Waals surface area contributed by atoms with Crippen LogP contribution < -0.4 is 0 Å². The number of carbonyl (C=O) groups is 3. The first-order valence-electron chi connectivity index (χ1n) is 10.6. The van der Waals surface area contributed by atoms with Crippen molar-refractivity contribution < 1.29 is 33.7 Å². The topological polar surface area (TPSA) is 101 Å². The van der Waals surface area contributed by atoms with Gasteiger partial charge in [0, 0.05) is 23.7 Å². The van der Waals surface area contributed by atoms with Gasteiger partial charge in [0.15, 0.2) is 17.1 Å². The summed E-state index contributed by atoms with van der Waals surface area (Å²) in [6, 6.07) is 0. The van der Waals surface area contributed by atoms with Gasteiger partial charge in [0.25, 0.3) is 0 Å². The minimum atomic E-state index is -2.01. The first-order valence-corrected chi connectivity index (χ1v) is 10.6. The molecule has 0 radical (unpaired) electrons. The first kappa shape index (κ1) is 21.4. The lowest BCUT2D eigenvalue weighted by molar-refractivity contribution is -0.224. The fourth-order valence-electron chi connectivity index (χ4n) is 7.25. The van der Waals surface area contributed by atoms with Gasteiger partial charge in [-0.1, -0.05) is 18.6 Å². The van der Waals surface area contributed by atoms with E-state index in [1.807, 2.05) is 0 Å². The molecule has 0 aliphatic heterocycles. The Labute approximate surface area is 175 Å². The lowest BCUT2D eigenvalue weighted by atomic mass is 9.44. The quantitative estimate of drug-likeness (QED) is 0.679. The average molecular weight is 420 g/mol. The number of aliphatic hydroxyl groups excluding tert-OH is 2. The van der Waals surface area contributed by atoms with Crippen molar-refractivity contribution in [1.82, 2.24) is 0 Å². The molecule has 3 saturated carbocycles. The molecular weight excluding hydrogens is 391 g/mol. The molecule has 7 heteroatoms. The average Bonchev–Trinajstić information content (AvgIpc) is 2.95. The van der Waals surface area contributed by atoms with Crippen LogP contribution in [0.2, 0.25) is 0 Å². The molecule has 0 aromatic heterocycles. The summed E-state index contributed by atoms with van der Waals surface area (Å²) < 4.78 is 22.5. The molecule has 4 rings (SSSR count). The highest BCUT2D eigenvalue weighted by molar-refractivity contribution is 6.01. The van der Waals surface area contributed by atoms with Crippen LogP contribution in [0.5, 0.6) is 0 Å². The molecule has 0 aromatic rings. The maximum Gasteiger partial charge on any atom is 0.303 e. The summed E-state index contributed by atoms with van der Waals surface area (Å²) in [6.07, 6.45) is 4.53. The van der Waals surface area contributed by atoms with Crippen LogP contribution in [0.1, 0.15) is 52.9 Å². The Kier molecular flexibility index (Phi) is 4.68. The van der Waals surface area contributed by atoms with Crippen molar-refractivity contribution in [2.45, 2.75) is 70.2 Å². The number of ether oxygens (including phenoxy) is 1. The van der Waals surface area contributed by atoms with Crippen molar-refractivity contribution in [3.05, 3.63) is 23.8 Å². The van der Waals surface area contributed by atoms with Crippen molar-refractivity contribution in [1.29, 1.82) is 0 Å². The number of alkyl halides is 1. The Hall–Kier alpha value is -1.86. The molecule has 6 nitrogen and oxygen atoms in total. The zero-order chi connectivity index (χ0) is 22.1. The summed E-state index contributed by atoms with van der Waals surface area (Å²) in [5.41, 5.74) is -5.00. The fourth-order valence-corrected chi connectivity index (χ4v) is 7.25. The zero-order valence-electron chi connectivity index (χ0n) is 17.6. The Morgan fingerprint density at radius 2 is 1.97 bits per heavy atom. The smallest absolute Gasteiger partial charge is 0.303 e. The number of allylic oxidation sites excluding steroid dienone is 4. The van der Waals surface area contributed by atoms with Gasteiger partial charge in [-0.15, -0.1) is 0 Å². The number of ketones is 2. The third-order valence-electron chi connectivity index (χ3n) is 8.67. The van der Waals surface area contributed by atoms with Crippen LogP contribution in [0.15, 0.2) is 23.8 Å². The summed E-state index contributed by atoms with van der Waals surface area (Å²) in [7, 11) is 0. The number of fused-ring (bicyclic) bond motifs is 5. The second-order valence-electron chi connectivity index (χ2n) is 9.81. The third-order valence-corrected chi connectivity index (χ3v) is 8.67. The summed E-state index contributed by atoms with van der Waals surface area (Å²) in [4.78, 5) is 36.6. The van der Waals surface area contributed by atoms with Gasteiger partial charge >= 0.3 is 5.97 Å². The number of Topliss-reactive ketones (excluding diaryl/α,β-unsaturated/α-hetero) is 1. The Balaban J connectivity index is 1.82. The highest BCUT2D eigenvalue weighted by Gasteiger charge is 2.75. The molecule has 164 valence electrons. The number of rotatable bonds is 3. The third kappa shape index (κ3) is 2.39. The lowest BCUT2D eigenvalue weighted by Gasteiger charge is -2.62. The van der Waals surface area contributed by atoms with Gasteiger partial charge in [0.1, 0.15) is 6.61 Å². The number of esters is 1. The molecule has 0 saturated heterocycles. The van der Waals surface area contributed by atoms with E-state index in [0.29, 0.717) is 24.8 Å².